The molecule has 0 unspecified atom stereocenters. The van der Waals surface area contributed by atoms with Crippen LogP contribution in [0.2, 0.25) is 5.02 Å². The Balaban J connectivity index is 1.43. The number of halogens is 1. The van der Waals surface area contributed by atoms with Crippen LogP contribution in [0, 0.1) is 11.3 Å². The van der Waals surface area contributed by atoms with Crippen LogP contribution in [0.25, 0.3) is 10.9 Å². The first kappa shape index (κ1) is 24.3. The maximum absolute atomic E-state index is 13.7. The van der Waals surface area contributed by atoms with Gasteiger partial charge < -0.3 is 19.9 Å². The molecule has 1 fully saturated rings. The summed E-state index contributed by atoms with van der Waals surface area (Å²) in [4.78, 5) is 30.7. The molecule has 3 heterocycles. The quantitative estimate of drug-likeness (QED) is 0.410. The number of piperazine rings is 1. The van der Waals surface area contributed by atoms with Gasteiger partial charge in [0.1, 0.15) is 5.75 Å². The molecule has 5 rings (SSSR count). The zero-order chi connectivity index (χ0) is 25.8. The molecule has 2 aromatic carbocycles. The Morgan fingerprint density at radius 1 is 1.11 bits per heavy atom. The van der Waals surface area contributed by atoms with Crippen LogP contribution >= 0.6 is 11.6 Å². The highest BCUT2D eigenvalue weighted by Crippen LogP contribution is 2.30. The predicted octanol–water partition coefficient (Wildman–Crippen LogP) is 4.13. The standard InChI is InChI=1S/C27H24ClN7O2/c1-37-24-6-4-19(14-22(24)28)16-33-25-20-13-18(15-29)3-5-23(20)32-17-21(25)26(36)34-9-11-35(12-10-34)27-30-7-2-8-31-27/h2-8,13-14,17H,9-12,16H2,1H3,(H,32,33). The van der Waals surface area contributed by atoms with E-state index in [1.54, 1.807) is 56.0 Å². The number of rotatable bonds is 6. The first-order valence-corrected chi connectivity index (χ1v) is 12.2. The summed E-state index contributed by atoms with van der Waals surface area (Å²) in [6, 6.07) is 14.8. The Morgan fingerprint density at radius 2 is 1.89 bits per heavy atom. The summed E-state index contributed by atoms with van der Waals surface area (Å²) >= 11 is 6.31. The van der Waals surface area contributed by atoms with Gasteiger partial charge in [-0.05, 0) is 42.0 Å². The van der Waals surface area contributed by atoms with Gasteiger partial charge >= 0.3 is 0 Å². The molecule has 37 heavy (non-hydrogen) atoms. The maximum Gasteiger partial charge on any atom is 0.257 e. The first-order valence-electron chi connectivity index (χ1n) is 11.8. The average molecular weight is 514 g/mol. The van der Waals surface area contributed by atoms with Crippen molar-refractivity contribution in [3.05, 3.63) is 82.8 Å². The van der Waals surface area contributed by atoms with E-state index < -0.39 is 0 Å². The predicted molar refractivity (Wildman–Crippen MR) is 142 cm³/mol. The van der Waals surface area contributed by atoms with Gasteiger partial charge in [0.2, 0.25) is 5.95 Å². The molecule has 1 amide bonds. The number of aromatic nitrogens is 3. The number of benzene rings is 2. The number of anilines is 2. The van der Waals surface area contributed by atoms with Crippen LogP contribution in [-0.2, 0) is 6.54 Å². The summed E-state index contributed by atoms with van der Waals surface area (Å²) in [5, 5.41) is 14.1. The van der Waals surface area contributed by atoms with E-state index >= 15 is 0 Å². The molecule has 4 aromatic rings. The van der Waals surface area contributed by atoms with Crippen LogP contribution in [-0.4, -0.2) is 59.0 Å². The van der Waals surface area contributed by atoms with Gasteiger partial charge in [0, 0.05) is 56.7 Å². The second-order valence-corrected chi connectivity index (χ2v) is 8.95. The first-order chi connectivity index (χ1) is 18.1. The largest absolute Gasteiger partial charge is 0.495 e. The molecule has 2 aromatic heterocycles. The van der Waals surface area contributed by atoms with Gasteiger partial charge in [0.25, 0.3) is 5.91 Å². The molecular formula is C27H24ClN7O2. The molecule has 0 aliphatic carbocycles. The molecular weight excluding hydrogens is 490 g/mol. The monoisotopic (exact) mass is 513 g/mol. The molecule has 10 heteroatoms. The summed E-state index contributed by atoms with van der Waals surface area (Å²) in [6.45, 7) is 2.73. The molecule has 1 aliphatic heterocycles. The Labute approximate surface area is 219 Å². The van der Waals surface area contributed by atoms with Crippen molar-refractivity contribution in [3.63, 3.8) is 0 Å². The minimum atomic E-state index is -0.124. The molecule has 0 spiro atoms. The molecule has 9 nitrogen and oxygen atoms in total. The number of amides is 1. The van der Waals surface area contributed by atoms with Gasteiger partial charge in [-0.3, -0.25) is 9.78 Å². The lowest BCUT2D eigenvalue weighted by molar-refractivity contribution is 0.0747. The Hall–Kier alpha value is -4.42. The number of carbonyl (C=O) groups excluding carboxylic acids is 1. The van der Waals surface area contributed by atoms with Crippen molar-refractivity contribution < 1.29 is 9.53 Å². The van der Waals surface area contributed by atoms with Crippen molar-refractivity contribution in [2.24, 2.45) is 0 Å². The maximum atomic E-state index is 13.7. The number of nitrogens with one attached hydrogen (secondary N) is 1. The third kappa shape index (κ3) is 5.10. The molecule has 0 saturated carbocycles. The van der Waals surface area contributed by atoms with Crippen LogP contribution in [0.3, 0.4) is 0 Å². The minimum Gasteiger partial charge on any atom is -0.495 e. The highest BCUT2D eigenvalue weighted by molar-refractivity contribution is 6.32. The normalized spacial score (nSPS) is 13.3. The number of hydrogen-bond acceptors (Lipinski definition) is 8. The molecule has 0 bridgehead atoms. The van der Waals surface area contributed by atoms with Crippen molar-refractivity contribution in [1.29, 1.82) is 5.26 Å². The number of fused-ring (bicyclic) bond motifs is 1. The van der Waals surface area contributed by atoms with Crippen molar-refractivity contribution in [2.45, 2.75) is 6.54 Å². The third-order valence-corrected chi connectivity index (χ3v) is 6.61. The smallest absolute Gasteiger partial charge is 0.257 e. The van der Waals surface area contributed by atoms with Crippen LogP contribution in [0.15, 0.2) is 61.1 Å². The molecule has 0 radical (unpaired) electrons. The number of nitriles is 1. The van der Waals surface area contributed by atoms with Crippen molar-refractivity contribution >= 4 is 40.0 Å². The van der Waals surface area contributed by atoms with Gasteiger partial charge in [-0.15, -0.1) is 0 Å². The lowest BCUT2D eigenvalue weighted by Gasteiger charge is -2.35. The van der Waals surface area contributed by atoms with Crippen molar-refractivity contribution in [2.75, 3.05) is 43.5 Å². The Bertz CT molecular complexity index is 1480. The third-order valence-electron chi connectivity index (χ3n) is 6.31. The van der Waals surface area contributed by atoms with Gasteiger partial charge in [-0.2, -0.15) is 5.26 Å². The van der Waals surface area contributed by atoms with E-state index in [0.29, 0.717) is 77.2 Å². The molecule has 0 atom stereocenters. The number of nitrogens with zero attached hydrogens (tertiary/aromatic N) is 6. The number of ether oxygens (including phenoxy) is 1. The molecule has 186 valence electrons. The van der Waals surface area contributed by atoms with Gasteiger partial charge in [-0.1, -0.05) is 17.7 Å². The Kier molecular flexibility index (Phi) is 7.01. The zero-order valence-corrected chi connectivity index (χ0v) is 20.9. The number of methoxy groups -OCH3 is 1. The van der Waals surface area contributed by atoms with Crippen molar-refractivity contribution in [3.8, 4) is 11.8 Å². The van der Waals surface area contributed by atoms with Gasteiger partial charge in [-0.25, -0.2) is 9.97 Å². The fourth-order valence-electron chi connectivity index (χ4n) is 4.36. The van der Waals surface area contributed by atoms with E-state index in [4.69, 9.17) is 16.3 Å². The van der Waals surface area contributed by atoms with Gasteiger partial charge in [0.15, 0.2) is 0 Å². The summed E-state index contributed by atoms with van der Waals surface area (Å²) in [6.07, 6.45) is 5.03. The number of carbonyl (C=O) groups is 1. The van der Waals surface area contributed by atoms with E-state index in [9.17, 15) is 10.1 Å². The second-order valence-electron chi connectivity index (χ2n) is 8.54. The summed E-state index contributed by atoms with van der Waals surface area (Å²) in [5.74, 6) is 1.13. The SMILES string of the molecule is COc1ccc(CNc2c(C(=O)N3CCN(c4ncccn4)CC3)cnc3ccc(C#N)cc23)cc1Cl. The minimum absolute atomic E-state index is 0.124. The average Bonchev–Trinajstić information content (AvgIpc) is 2.95. The number of pyridine rings is 1. The summed E-state index contributed by atoms with van der Waals surface area (Å²) in [7, 11) is 1.57. The zero-order valence-electron chi connectivity index (χ0n) is 20.2. The highest BCUT2D eigenvalue weighted by atomic mass is 35.5. The fourth-order valence-corrected chi connectivity index (χ4v) is 4.64. The van der Waals surface area contributed by atoms with Crippen molar-refractivity contribution in [1.82, 2.24) is 19.9 Å². The highest BCUT2D eigenvalue weighted by Gasteiger charge is 2.26. The van der Waals surface area contributed by atoms with E-state index in [1.165, 1.54) is 0 Å². The van der Waals surface area contributed by atoms with E-state index in [1.807, 2.05) is 17.0 Å². The van der Waals surface area contributed by atoms with Crippen LogP contribution in [0.5, 0.6) is 5.75 Å². The van der Waals surface area contributed by atoms with Crippen LogP contribution in [0.1, 0.15) is 21.5 Å². The van der Waals surface area contributed by atoms with E-state index in [2.05, 4.69) is 31.2 Å². The van der Waals surface area contributed by atoms with Crippen LogP contribution < -0.4 is 15.0 Å². The summed E-state index contributed by atoms with van der Waals surface area (Å²) < 4.78 is 5.25. The molecule has 1 N–H and O–H groups in total. The Morgan fingerprint density at radius 3 is 2.59 bits per heavy atom. The second kappa shape index (κ2) is 10.7. The lowest BCUT2D eigenvalue weighted by atomic mass is 10.0. The molecule has 1 aliphatic rings. The molecule has 1 saturated heterocycles. The van der Waals surface area contributed by atoms with E-state index in [0.717, 1.165) is 5.56 Å². The van der Waals surface area contributed by atoms with Crippen LogP contribution in [0.4, 0.5) is 11.6 Å². The topological polar surface area (TPSA) is 107 Å². The number of hydrogen-bond donors (Lipinski definition) is 1. The fraction of sp³-hybridized carbons (Fsp3) is 0.222. The van der Waals surface area contributed by atoms with Gasteiger partial charge in [0.05, 0.1) is 40.5 Å². The lowest BCUT2D eigenvalue weighted by Crippen LogP contribution is -2.49. The van der Waals surface area contributed by atoms with E-state index in [-0.39, 0.29) is 5.91 Å². The summed E-state index contributed by atoms with van der Waals surface area (Å²) in [5.41, 5.74) is 3.18.